The Kier molecular flexibility index (Phi) is 3.86. The Labute approximate surface area is 113 Å². The van der Waals surface area contributed by atoms with Gasteiger partial charge in [-0.1, -0.05) is 42.5 Å². The van der Waals surface area contributed by atoms with Crippen molar-refractivity contribution in [3.05, 3.63) is 48.0 Å². The molecule has 0 atom stereocenters. The number of nitrogens with one attached hydrogen (secondary N) is 1. The zero-order valence-corrected chi connectivity index (χ0v) is 11.6. The van der Waals surface area contributed by atoms with Crippen LogP contribution < -0.4 is 5.48 Å². The molecule has 0 saturated carbocycles. The van der Waals surface area contributed by atoms with Crippen LogP contribution in [0.2, 0.25) is 0 Å². The molecule has 0 aromatic heterocycles. The van der Waals surface area contributed by atoms with Gasteiger partial charge in [0.1, 0.15) is 0 Å². The molecule has 100 valence electrons. The first-order chi connectivity index (χ1) is 8.96. The Morgan fingerprint density at radius 2 is 1.79 bits per heavy atom. The molecule has 1 N–H and O–H groups in total. The van der Waals surface area contributed by atoms with Gasteiger partial charge >= 0.3 is 0 Å². The number of hydrogen-bond donors (Lipinski definition) is 1. The predicted molar refractivity (Wildman–Crippen MR) is 76.6 cm³/mol. The third-order valence-corrected chi connectivity index (χ3v) is 2.70. The van der Waals surface area contributed by atoms with Gasteiger partial charge < -0.3 is 0 Å². The molecule has 0 fully saturated rings. The SMILES string of the molecule is CC(C)(C)ONC(=O)Cc1cccc2ccccc12. The summed E-state index contributed by atoms with van der Waals surface area (Å²) in [6.45, 7) is 5.68. The van der Waals surface area contributed by atoms with Crippen molar-refractivity contribution in [3.63, 3.8) is 0 Å². The number of hydroxylamine groups is 1. The number of hydrogen-bond acceptors (Lipinski definition) is 2. The van der Waals surface area contributed by atoms with Crippen LogP contribution in [0.1, 0.15) is 26.3 Å². The second kappa shape index (κ2) is 5.41. The van der Waals surface area contributed by atoms with Crippen molar-refractivity contribution in [1.29, 1.82) is 0 Å². The van der Waals surface area contributed by atoms with Crippen molar-refractivity contribution >= 4 is 16.7 Å². The molecule has 2 aromatic rings. The van der Waals surface area contributed by atoms with Gasteiger partial charge in [-0.25, -0.2) is 5.48 Å². The first-order valence-electron chi connectivity index (χ1n) is 6.39. The van der Waals surface area contributed by atoms with Gasteiger partial charge in [0.2, 0.25) is 5.91 Å². The summed E-state index contributed by atoms with van der Waals surface area (Å²) in [6.07, 6.45) is 0.317. The van der Waals surface area contributed by atoms with Gasteiger partial charge in [0.05, 0.1) is 12.0 Å². The van der Waals surface area contributed by atoms with Crippen LogP contribution in [0.15, 0.2) is 42.5 Å². The number of rotatable bonds is 3. The number of benzene rings is 2. The lowest BCUT2D eigenvalue weighted by Gasteiger charge is -2.19. The highest BCUT2D eigenvalue weighted by Crippen LogP contribution is 2.18. The van der Waals surface area contributed by atoms with Crippen LogP contribution in [0.25, 0.3) is 10.8 Å². The van der Waals surface area contributed by atoms with Crippen molar-refractivity contribution in [1.82, 2.24) is 5.48 Å². The standard InChI is InChI=1S/C16H19NO2/c1-16(2,3)19-17-15(18)11-13-9-6-8-12-7-4-5-10-14(12)13/h4-10H,11H2,1-3H3,(H,17,18). The van der Waals surface area contributed by atoms with Gasteiger partial charge in [-0.15, -0.1) is 0 Å². The Bertz CT molecular complexity index is 579. The van der Waals surface area contributed by atoms with E-state index in [0.717, 1.165) is 16.3 Å². The molecule has 0 aliphatic rings. The molecule has 3 heteroatoms. The zero-order valence-electron chi connectivity index (χ0n) is 11.6. The van der Waals surface area contributed by atoms with Crippen LogP contribution in [0.3, 0.4) is 0 Å². The van der Waals surface area contributed by atoms with Crippen LogP contribution in [0.4, 0.5) is 0 Å². The Morgan fingerprint density at radius 1 is 1.11 bits per heavy atom. The normalized spacial score (nSPS) is 11.5. The number of amides is 1. The van der Waals surface area contributed by atoms with Gasteiger partial charge in [-0.3, -0.25) is 9.63 Å². The lowest BCUT2D eigenvalue weighted by Crippen LogP contribution is -2.34. The number of carbonyl (C=O) groups is 1. The molecule has 0 saturated heterocycles. The van der Waals surface area contributed by atoms with Crippen molar-refractivity contribution in [2.24, 2.45) is 0 Å². The molecule has 0 unspecified atom stereocenters. The second-order valence-electron chi connectivity index (χ2n) is 5.55. The van der Waals surface area contributed by atoms with Crippen molar-refractivity contribution < 1.29 is 9.63 Å². The topological polar surface area (TPSA) is 38.3 Å². The van der Waals surface area contributed by atoms with E-state index in [0.29, 0.717) is 6.42 Å². The van der Waals surface area contributed by atoms with E-state index >= 15 is 0 Å². The van der Waals surface area contributed by atoms with Crippen molar-refractivity contribution in [2.45, 2.75) is 32.8 Å². The molecule has 0 radical (unpaired) electrons. The summed E-state index contributed by atoms with van der Waals surface area (Å²) in [5.41, 5.74) is 3.12. The van der Waals surface area contributed by atoms with E-state index < -0.39 is 0 Å². The van der Waals surface area contributed by atoms with E-state index in [1.165, 1.54) is 0 Å². The van der Waals surface area contributed by atoms with E-state index in [9.17, 15) is 4.79 Å². The van der Waals surface area contributed by atoms with Gasteiger partial charge in [-0.2, -0.15) is 0 Å². The summed E-state index contributed by atoms with van der Waals surface area (Å²) < 4.78 is 0. The Hall–Kier alpha value is -1.87. The third kappa shape index (κ3) is 3.80. The lowest BCUT2D eigenvalue weighted by atomic mass is 10.0. The minimum absolute atomic E-state index is 0.133. The van der Waals surface area contributed by atoms with E-state index in [1.54, 1.807) is 0 Å². The average Bonchev–Trinajstić information content (AvgIpc) is 2.36. The lowest BCUT2D eigenvalue weighted by molar-refractivity contribution is -0.144. The molecular formula is C16H19NO2. The highest BCUT2D eigenvalue weighted by atomic mass is 16.7. The maximum Gasteiger partial charge on any atom is 0.247 e. The van der Waals surface area contributed by atoms with Gasteiger partial charge in [0.15, 0.2) is 0 Å². The first-order valence-corrected chi connectivity index (χ1v) is 6.39. The predicted octanol–water partition coefficient (Wildman–Crippen LogP) is 3.23. The van der Waals surface area contributed by atoms with Crippen LogP contribution in [0, 0.1) is 0 Å². The van der Waals surface area contributed by atoms with E-state index in [-0.39, 0.29) is 11.5 Å². The monoisotopic (exact) mass is 257 g/mol. The maximum absolute atomic E-state index is 11.9. The molecule has 0 bridgehead atoms. The minimum Gasteiger partial charge on any atom is -0.272 e. The quantitative estimate of drug-likeness (QED) is 0.857. The minimum atomic E-state index is -0.381. The fourth-order valence-corrected chi connectivity index (χ4v) is 1.87. The van der Waals surface area contributed by atoms with E-state index in [4.69, 9.17) is 4.84 Å². The molecule has 0 heterocycles. The largest absolute Gasteiger partial charge is 0.272 e. The second-order valence-corrected chi connectivity index (χ2v) is 5.55. The van der Waals surface area contributed by atoms with Gasteiger partial charge in [0, 0.05) is 0 Å². The van der Waals surface area contributed by atoms with Crippen molar-refractivity contribution in [2.75, 3.05) is 0 Å². The number of fused-ring (bicyclic) bond motifs is 1. The van der Waals surface area contributed by atoms with Crippen LogP contribution in [-0.4, -0.2) is 11.5 Å². The molecule has 3 nitrogen and oxygen atoms in total. The molecule has 0 aliphatic carbocycles. The molecule has 19 heavy (non-hydrogen) atoms. The summed E-state index contributed by atoms with van der Waals surface area (Å²) in [7, 11) is 0. The zero-order chi connectivity index (χ0) is 13.9. The molecule has 2 aromatic carbocycles. The average molecular weight is 257 g/mol. The van der Waals surface area contributed by atoms with E-state index in [2.05, 4.69) is 5.48 Å². The molecule has 1 amide bonds. The van der Waals surface area contributed by atoms with Gasteiger partial charge in [-0.05, 0) is 37.1 Å². The highest BCUT2D eigenvalue weighted by molar-refractivity contribution is 5.89. The Balaban J connectivity index is 2.11. The summed E-state index contributed by atoms with van der Waals surface area (Å²) in [4.78, 5) is 17.1. The smallest absolute Gasteiger partial charge is 0.247 e. The van der Waals surface area contributed by atoms with Crippen LogP contribution >= 0.6 is 0 Å². The fraction of sp³-hybridized carbons (Fsp3) is 0.312. The van der Waals surface area contributed by atoms with Crippen LogP contribution in [-0.2, 0) is 16.1 Å². The summed E-state index contributed by atoms with van der Waals surface area (Å²) in [6, 6.07) is 14.0. The fourth-order valence-electron chi connectivity index (χ4n) is 1.87. The van der Waals surface area contributed by atoms with E-state index in [1.807, 2.05) is 63.2 Å². The highest BCUT2D eigenvalue weighted by Gasteiger charge is 2.13. The van der Waals surface area contributed by atoms with Gasteiger partial charge in [0.25, 0.3) is 0 Å². The molecular weight excluding hydrogens is 238 g/mol. The number of carbonyl (C=O) groups excluding carboxylic acids is 1. The van der Waals surface area contributed by atoms with Crippen molar-refractivity contribution in [3.8, 4) is 0 Å². The molecule has 0 aliphatic heterocycles. The Morgan fingerprint density at radius 3 is 2.53 bits per heavy atom. The van der Waals surface area contributed by atoms with Crippen LogP contribution in [0.5, 0.6) is 0 Å². The summed E-state index contributed by atoms with van der Waals surface area (Å²) in [5.74, 6) is -0.133. The third-order valence-electron chi connectivity index (χ3n) is 2.70. The summed E-state index contributed by atoms with van der Waals surface area (Å²) in [5, 5.41) is 2.25. The summed E-state index contributed by atoms with van der Waals surface area (Å²) >= 11 is 0. The first kappa shape index (κ1) is 13.6. The maximum atomic E-state index is 11.9. The molecule has 2 rings (SSSR count). The molecule has 0 spiro atoms.